The maximum Gasteiger partial charge on any atom is 0.269 e. The van der Waals surface area contributed by atoms with Gasteiger partial charge in [-0.3, -0.25) is 30.6 Å². The van der Waals surface area contributed by atoms with Crippen molar-refractivity contribution >= 4 is 29.1 Å². The second kappa shape index (κ2) is 7.40. The summed E-state index contributed by atoms with van der Waals surface area (Å²) >= 11 is 5.95. The quantitative estimate of drug-likeness (QED) is 0.631. The topological polar surface area (TPSA) is 111 Å². The monoisotopic (exact) mass is 375 g/mol. The summed E-state index contributed by atoms with van der Waals surface area (Å²) in [6.45, 7) is 0.188. The molecule has 0 aromatic heterocycles. The lowest BCUT2D eigenvalue weighted by molar-refractivity contribution is -0.384. The molecule has 1 heterocycles. The Hall–Kier alpha value is -3.13. The van der Waals surface area contributed by atoms with Gasteiger partial charge in [-0.25, -0.2) is 0 Å². The van der Waals surface area contributed by atoms with Gasteiger partial charge in [0, 0.05) is 22.7 Å². The molecule has 0 aliphatic carbocycles. The molecule has 2 aromatic carbocycles. The van der Waals surface area contributed by atoms with Gasteiger partial charge in [-0.15, -0.1) is 0 Å². The van der Waals surface area contributed by atoms with Crippen LogP contribution < -0.4 is 15.6 Å². The standard InChI is InChI=1S/C17H14ClN3O5/c18-13-3-6-15-11(8-13)7-12(9-26-15)17(23)20-19-16(22)10-1-4-14(5-2-10)21(24)25/h1-6,8,12H,7,9H2,(H,19,22)(H,20,23)/t12-/m1/s1. The van der Waals surface area contributed by atoms with Gasteiger partial charge in [0.15, 0.2) is 0 Å². The Bertz CT molecular complexity index is 869. The zero-order valence-corrected chi connectivity index (χ0v) is 14.2. The molecule has 2 aromatic rings. The number of rotatable bonds is 3. The zero-order chi connectivity index (χ0) is 18.7. The van der Waals surface area contributed by atoms with Crippen molar-refractivity contribution in [2.75, 3.05) is 6.61 Å². The molecular formula is C17H14ClN3O5. The van der Waals surface area contributed by atoms with Crippen LogP contribution in [0.5, 0.6) is 5.75 Å². The van der Waals surface area contributed by atoms with Crippen LogP contribution >= 0.6 is 11.6 Å². The first kappa shape index (κ1) is 17.7. The summed E-state index contributed by atoms with van der Waals surface area (Å²) in [6.07, 6.45) is 0.440. The first-order valence-electron chi connectivity index (χ1n) is 7.70. The number of benzene rings is 2. The Balaban J connectivity index is 1.57. The number of fused-ring (bicyclic) bond motifs is 1. The third kappa shape index (κ3) is 3.92. The van der Waals surface area contributed by atoms with E-state index in [4.69, 9.17) is 16.3 Å². The number of carbonyl (C=O) groups is 2. The number of hydrazine groups is 1. The lowest BCUT2D eigenvalue weighted by Crippen LogP contribution is -2.47. The number of nitrogens with one attached hydrogen (secondary N) is 2. The molecule has 9 heteroatoms. The highest BCUT2D eigenvalue weighted by molar-refractivity contribution is 6.30. The molecule has 0 saturated heterocycles. The Morgan fingerprint density at radius 3 is 2.58 bits per heavy atom. The largest absolute Gasteiger partial charge is 0.492 e. The fourth-order valence-electron chi connectivity index (χ4n) is 2.56. The molecule has 1 aliphatic rings. The molecule has 0 radical (unpaired) electrons. The highest BCUT2D eigenvalue weighted by Gasteiger charge is 2.26. The average Bonchev–Trinajstić information content (AvgIpc) is 2.65. The van der Waals surface area contributed by atoms with Gasteiger partial charge < -0.3 is 4.74 Å². The Morgan fingerprint density at radius 1 is 1.15 bits per heavy atom. The van der Waals surface area contributed by atoms with Gasteiger partial charge in [0.1, 0.15) is 12.4 Å². The SMILES string of the molecule is O=C(NNC(=O)[C@H]1COc2ccc(Cl)cc2C1)c1ccc([N+](=O)[O-])cc1. The van der Waals surface area contributed by atoms with Crippen LogP contribution in [0.25, 0.3) is 0 Å². The van der Waals surface area contributed by atoms with Gasteiger partial charge in [-0.2, -0.15) is 0 Å². The summed E-state index contributed by atoms with van der Waals surface area (Å²) in [4.78, 5) is 34.3. The van der Waals surface area contributed by atoms with Gasteiger partial charge in [-0.05, 0) is 42.3 Å². The third-order valence-corrected chi connectivity index (χ3v) is 4.17. The second-order valence-electron chi connectivity index (χ2n) is 5.71. The minimum Gasteiger partial charge on any atom is -0.492 e. The maximum atomic E-state index is 12.2. The normalized spacial score (nSPS) is 15.3. The molecule has 2 amide bonds. The van der Waals surface area contributed by atoms with Gasteiger partial charge in [-0.1, -0.05) is 11.6 Å². The number of halogens is 1. The van der Waals surface area contributed by atoms with Crippen molar-refractivity contribution in [3.8, 4) is 5.75 Å². The highest BCUT2D eigenvalue weighted by Crippen LogP contribution is 2.29. The number of carbonyl (C=O) groups excluding carboxylic acids is 2. The first-order valence-corrected chi connectivity index (χ1v) is 8.07. The molecule has 26 heavy (non-hydrogen) atoms. The van der Waals surface area contributed by atoms with E-state index in [1.807, 2.05) is 0 Å². The fraction of sp³-hybridized carbons (Fsp3) is 0.176. The molecule has 0 saturated carbocycles. The zero-order valence-electron chi connectivity index (χ0n) is 13.4. The summed E-state index contributed by atoms with van der Waals surface area (Å²) in [6, 6.07) is 10.3. The van der Waals surface area contributed by atoms with E-state index in [2.05, 4.69) is 10.9 Å². The van der Waals surface area contributed by atoms with E-state index in [-0.39, 0.29) is 17.9 Å². The summed E-state index contributed by atoms with van der Waals surface area (Å²) in [5.74, 6) is -0.759. The number of non-ortho nitro benzene ring substituents is 1. The number of ether oxygens (including phenoxy) is 1. The highest BCUT2D eigenvalue weighted by atomic mass is 35.5. The van der Waals surface area contributed by atoms with Crippen LogP contribution in [0.4, 0.5) is 5.69 Å². The molecule has 1 atom stereocenters. The molecule has 3 rings (SSSR count). The summed E-state index contributed by atoms with van der Waals surface area (Å²) in [7, 11) is 0. The van der Waals surface area contributed by atoms with Gasteiger partial charge in [0.2, 0.25) is 5.91 Å². The van der Waals surface area contributed by atoms with Gasteiger partial charge in [0.05, 0.1) is 10.8 Å². The van der Waals surface area contributed by atoms with E-state index >= 15 is 0 Å². The third-order valence-electron chi connectivity index (χ3n) is 3.94. The van der Waals surface area contributed by atoms with Crippen molar-refractivity contribution in [3.05, 3.63) is 68.7 Å². The molecule has 0 unspecified atom stereocenters. The summed E-state index contributed by atoms with van der Waals surface area (Å²) in [5, 5.41) is 11.2. The van der Waals surface area contributed by atoms with Crippen molar-refractivity contribution in [1.29, 1.82) is 0 Å². The maximum absolute atomic E-state index is 12.2. The smallest absolute Gasteiger partial charge is 0.269 e. The van der Waals surface area contributed by atoms with Crippen LogP contribution in [0.1, 0.15) is 15.9 Å². The molecule has 0 fully saturated rings. The van der Waals surface area contributed by atoms with Crippen molar-refractivity contribution in [2.24, 2.45) is 5.92 Å². The van der Waals surface area contributed by atoms with E-state index in [1.165, 1.54) is 24.3 Å². The molecule has 8 nitrogen and oxygen atoms in total. The minimum atomic E-state index is -0.576. The predicted octanol–water partition coefficient (Wildman–Crippen LogP) is 2.26. The summed E-state index contributed by atoms with van der Waals surface area (Å²) < 4.78 is 5.54. The molecule has 1 aliphatic heterocycles. The van der Waals surface area contributed by atoms with E-state index in [1.54, 1.807) is 18.2 Å². The minimum absolute atomic E-state index is 0.123. The van der Waals surface area contributed by atoms with Crippen molar-refractivity contribution in [1.82, 2.24) is 10.9 Å². The molecule has 0 bridgehead atoms. The van der Waals surface area contributed by atoms with E-state index in [0.717, 1.165) is 5.56 Å². The van der Waals surface area contributed by atoms with Gasteiger partial charge >= 0.3 is 0 Å². The van der Waals surface area contributed by atoms with Crippen LogP contribution in [0.2, 0.25) is 5.02 Å². The van der Waals surface area contributed by atoms with Crippen LogP contribution in [0.3, 0.4) is 0 Å². The Labute approximate surface area is 153 Å². The molecule has 0 spiro atoms. The fourth-order valence-corrected chi connectivity index (χ4v) is 2.75. The molecule has 134 valence electrons. The first-order chi connectivity index (χ1) is 12.4. The number of hydrogen-bond donors (Lipinski definition) is 2. The Morgan fingerprint density at radius 2 is 1.88 bits per heavy atom. The number of nitro benzene ring substituents is 1. The van der Waals surface area contributed by atoms with Crippen LogP contribution in [-0.4, -0.2) is 23.3 Å². The van der Waals surface area contributed by atoms with E-state index in [9.17, 15) is 19.7 Å². The van der Waals surface area contributed by atoms with E-state index < -0.39 is 22.7 Å². The van der Waals surface area contributed by atoms with Crippen LogP contribution in [0, 0.1) is 16.0 Å². The molecule has 2 N–H and O–H groups in total. The Kier molecular flexibility index (Phi) is 5.04. The summed E-state index contributed by atoms with van der Waals surface area (Å²) in [5.41, 5.74) is 5.53. The number of nitro groups is 1. The van der Waals surface area contributed by atoms with Crippen molar-refractivity contribution < 1.29 is 19.2 Å². The average molecular weight is 376 g/mol. The van der Waals surface area contributed by atoms with Crippen LogP contribution in [-0.2, 0) is 11.2 Å². The predicted molar refractivity (Wildman–Crippen MR) is 92.8 cm³/mol. The van der Waals surface area contributed by atoms with Gasteiger partial charge in [0.25, 0.3) is 11.6 Å². The number of nitrogens with zero attached hydrogens (tertiary/aromatic N) is 1. The lowest BCUT2D eigenvalue weighted by atomic mass is 9.96. The lowest BCUT2D eigenvalue weighted by Gasteiger charge is -2.24. The van der Waals surface area contributed by atoms with E-state index in [0.29, 0.717) is 17.2 Å². The second-order valence-corrected chi connectivity index (χ2v) is 6.15. The molecular weight excluding hydrogens is 362 g/mol. The number of amides is 2. The number of hydrogen-bond acceptors (Lipinski definition) is 5. The van der Waals surface area contributed by atoms with Crippen molar-refractivity contribution in [3.63, 3.8) is 0 Å². The van der Waals surface area contributed by atoms with Crippen molar-refractivity contribution in [2.45, 2.75) is 6.42 Å². The van der Waals surface area contributed by atoms with Crippen LogP contribution in [0.15, 0.2) is 42.5 Å².